The number of anilines is 1. The van der Waals surface area contributed by atoms with Crippen molar-refractivity contribution in [3.8, 4) is 0 Å². The average molecular weight is 264 g/mol. The molecule has 0 atom stereocenters. The Labute approximate surface area is 114 Å². The molecule has 20 heavy (non-hydrogen) atoms. The summed E-state index contributed by atoms with van der Waals surface area (Å²) in [4.78, 5) is 15.7. The van der Waals surface area contributed by atoms with Gasteiger partial charge in [-0.25, -0.2) is 9.97 Å². The monoisotopic (exact) mass is 264 g/mol. The van der Waals surface area contributed by atoms with Gasteiger partial charge in [0.2, 0.25) is 5.95 Å². The van der Waals surface area contributed by atoms with Gasteiger partial charge >= 0.3 is 0 Å². The van der Waals surface area contributed by atoms with Crippen molar-refractivity contribution in [2.24, 2.45) is 0 Å². The van der Waals surface area contributed by atoms with E-state index in [1.165, 1.54) is 10.9 Å². The second kappa shape index (κ2) is 4.06. The highest BCUT2D eigenvalue weighted by molar-refractivity contribution is 5.80. The smallest absolute Gasteiger partial charge is 0.222 e. The van der Waals surface area contributed by atoms with Crippen molar-refractivity contribution in [2.45, 2.75) is 6.54 Å². The van der Waals surface area contributed by atoms with Gasteiger partial charge in [-0.1, -0.05) is 6.07 Å². The van der Waals surface area contributed by atoms with Crippen LogP contribution in [0.3, 0.4) is 0 Å². The van der Waals surface area contributed by atoms with Crippen molar-refractivity contribution in [1.82, 2.24) is 24.5 Å². The summed E-state index contributed by atoms with van der Waals surface area (Å²) < 4.78 is 1.97. The van der Waals surface area contributed by atoms with Crippen molar-refractivity contribution in [2.75, 3.05) is 5.73 Å². The Bertz CT molecular complexity index is 904. The molecule has 0 saturated carbocycles. The molecule has 0 bridgehead atoms. The van der Waals surface area contributed by atoms with Crippen molar-refractivity contribution >= 4 is 28.0 Å². The molecular weight excluding hydrogens is 252 g/mol. The fourth-order valence-electron chi connectivity index (χ4n) is 2.38. The van der Waals surface area contributed by atoms with E-state index in [2.05, 4.69) is 44.2 Å². The third-order valence-corrected chi connectivity index (χ3v) is 3.35. The molecule has 0 fully saturated rings. The summed E-state index contributed by atoms with van der Waals surface area (Å²) in [6.07, 6.45) is 5.35. The number of aromatic amines is 1. The Hall–Kier alpha value is -2.89. The molecule has 4 aromatic rings. The topological polar surface area (TPSA) is 85.4 Å². The number of benzene rings is 1. The lowest BCUT2D eigenvalue weighted by atomic mass is 10.1. The third-order valence-electron chi connectivity index (χ3n) is 3.35. The van der Waals surface area contributed by atoms with Gasteiger partial charge in [0.25, 0.3) is 0 Å². The normalized spacial score (nSPS) is 11.4. The highest BCUT2D eigenvalue weighted by Gasteiger charge is 2.06. The summed E-state index contributed by atoms with van der Waals surface area (Å²) in [5.74, 6) is 0.264. The van der Waals surface area contributed by atoms with Crippen molar-refractivity contribution in [3.63, 3.8) is 0 Å². The second-order valence-corrected chi connectivity index (χ2v) is 4.71. The number of aromatic nitrogens is 5. The molecule has 0 aliphatic carbocycles. The van der Waals surface area contributed by atoms with E-state index in [-0.39, 0.29) is 5.95 Å². The lowest BCUT2D eigenvalue weighted by Crippen LogP contribution is -2.01. The highest BCUT2D eigenvalue weighted by atomic mass is 15.1. The van der Waals surface area contributed by atoms with Gasteiger partial charge in [0.15, 0.2) is 5.65 Å². The summed E-state index contributed by atoms with van der Waals surface area (Å²) in [7, 11) is 0. The summed E-state index contributed by atoms with van der Waals surface area (Å²) >= 11 is 0. The number of imidazole rings is 1. The molecule has 3 aromatic heterocycles. The number of rotatable bonds is 2. The predicted octanol–water partition coefficient (Wildman–Crippen LogP) is 1.94. The Kier molecular flexibility index (Phi) is 2.23. The maximum absolute atomic E-state index is 5.64. The van der Waals surface area contributed by atoms with E-state index < -0.39 is 0 Å². The zero-order valence-electron chi connectivity index (χ0n) is 10.6. The van der Waals surface area contributed by atoms with Crippen LogP contribution in [0.4, 0.5) is 5.95 Å². The molecule has 3 heterocycles. The largest absolute Gasteiger partial charge is 0.368 e. The molecule has 1 aromatic carbocycles. The molecule has 0 aliphatic heterocycles. The molecule has 6 nitrogen and oxygen atoms in total. The fraction of sp³-hybridized carbons (Fsp3) is 0.0714. The van der Waals surface area contributed by atoms with Gasteiger partial charge in [0.05, 0.1) is 19.1 Å². The van der Waals surface area contributed by atoms with E-state index in [0.717, 1.165) is 16.7 Å². The van der Waals surface area contributed by atoms with Crippen LogP contribution in [0.15, 0.2) is 43.0 Å². The van der Waals surface area contributed by atoms with Crippen molar-refractivity contribution < 1.29 is 0 Å². The number of H-pyrrole nitrogens is 1. The number of fused-ring (bicyclic) bond motifs is 2. The minimum Gasteiger partial charge on any atom is -0.368 e. The number of hydrogen-bond donors (Lipinski definition) is 2. The molecule has 0 unspecified atom stereocenters. The van der Waals surface area contributed by atoms with Crippen LogP contribution in [0, 0.1) is 0 Å². The molecule has 6 heteroatoms. The van der Waals surface area contributed by atoms with E-state index >= 15 is 0 Å². The summed E-state index contributed by atoms with van der Waals surface area (Å²) in [6, 6.07) is 8.38. The Balaban J connectivity index is 1.77. The molecule has 3 N–H and O–H groups in total. The van der Waals surface area contributed by atoms with E-state index in [4.69, 9.17) is 5.73 Å². The molecule has 4 rings (SSSR count). The van der Waals surface area contributed by atoms with E-state index in [1.54, 1.807) is 12.5 Å². The van der Waals surface area contributed by atoms with Gasteiger partial charge in [-0.2, -0.15) is 4.98 Å². The predicted molar refractivity (Wildman–Crippen MR) is 77.1 cm³/mol. The van der Waals surface area contributed by atoms with Crippen LogP contribution < -0.4 is 5.73 Å². The third kappa shape index (κ3) is 1.70. The zero-order valence-corrected chi connectivity index (χ0v) is 10.6. The van der Waals surface area contributed by atoms with Gasteiger partial charge in [0, 0.05) is 11.7 Å². The van der Waals surface area contributed by atoms with Gasteiger partial charge in [-0.3, -0.25) is 0 Å². The van der Waals surface area contributed by atoms with Crippen LogP contribution in [0.25, 0.3) is 22.1 Å². The number of nitrogen functional groups attached to an aromatic ring is 1. The average Bonchev–Trinajstić information content (AvgIpc) is 3.05. The maximum atomic E-state index is 5.64. The first-order chi connectivity index (χ1) is 9.79. The van der Waals surface area contributed by atoms with Crippen molar-refractivity contribution in [3.05, 3.63) is 48.5 Å². The van der Waals surface area contributed by atoms with Gasteiger partial charge in [0.1, 0.15) is 5.52 Å². The molecule has 0 aliphatic rings. The quantitative estimate of drug-likeness (QED) is 0.579. The molecular formula is C14H12N6. The number of hydrogen-bond acceptors (Lipinski definition) is 4. The van der Waals surface area contributed by atoms with E-state index in [9.17, 15) is 0 Å². The van der Waals surface area contributed by atoms with Gasteiger partial charge in [-0.05, 0) is 29.1 Å². The summed E-state index contributed by atoms with van der Waals surface area (Å²) in [5, 5.41) is 1.20. The molecule has 0 spiro atoms. The molecule has 0 amide bonds. The SMILES string of the molecule is Nc1ncc2ncn(Cc3ccc4[nH]ccc4c3)c2n1. The minimum atomic E-state index is 0.264. The number of nitrogens with two attached hydrogens (primary N) is 1. The van der Waals surface area contributed by atoms with Crippen molar-refractivity contribution in [1.29, 1.82) is 0 Å². The lowest BCUT2D eigenvalue weighted by molar-refractivity contribution is 0.815. The van der Waals surface area contributed by atoms with Gasteiger partial charge < -0.3 is 15.3 Å². The summed E-state index contributed by atoms with van der Waals surface area (Å²) in [5.41, 5.74) is 9.47. The van der Waals surface area contributed by atoms with E-state index in [0.29, 0.717) is 6.54 Å². The Morgan fingerprint density at radius 1 is 1.20 bits per heavy atom. The Morgan fingerprint density at radius 2 is 2.15 bits per heavy atom. The summed E-state index contributed by atoms with van der Waals surface area (Å²) in [6.45, 7) is 0.702. The first kappa shape index (κ1) is 11.0. The van der Waals surface area contributed by atoms with Crippen LogP contribution in [0.5, 0.6) is 0 Å². The molecule has 98 valence electrons. The molecule has 0 saturated heterocycles. The minimum absolute atomic E-state index is 0.264. The van der Waals surface area contributed by atoms with E-state index in [1.807, 2.05) is 10.8 Å². The van der Waals surface area contributed by atoms with Crippen LogP contribution in [-0.4, -0.2) is 24.5 Å². The standard InChI is InChI=1S/C14H12N6/c15-14-17-6-12-13(19-14)20(8-18-12)7-9-1-2-11-10(5-9)3-4-16-11/h1-6,8,16H,7H2,(H2,15,17,19). The first-order valence-electron chi connectivity index (χ1n) is 6.29. The second-order valence-electron chi connectivity index (χ2n) is 4.71. The number of nitrogens with one attached hydrogen (secondary N) is 1. The first-order valence-corrected chi connectivity index (χ1v) is 6.29. The number of nitrogens with zero attached hydrogens (tertiary/aromatic N) is 4. The zero-order chi connectivity index (χ0) is 13.5. The maximum Gasteiger partial charge on any atom is 0.222 e. The van der Waals surface area contributed by atoms with Crippen LogP contribution in [0.2, 0.25) is 0 Å². The van der Waals surface area contributed by atoms with Gasteiger partial charge in [-0.15, -0.1) is 0 Å². The highest BCUT2D eigenvalue weighted by Crippen LogP contribution is 2.17. The van der Waals surface area contributed by atoms with Crippen LogP contribution >= 0.6 is 0 Å². The Morgan fingerprint density at radius 3 is 3.10 bits per heavy atom. The lowest BCUT2D eigenvalue weighted by Gasteiger charge is -2.04. The molecule has 0 radical (unpaired) electrons. The fourth-order valence-corrected chi connectivity index (χ4v) is 2.38. The van der Waals surface area contributed by atoms with Crippen LogP contribution in [-0.2, 0) is 6.54 Å². The van der Waals surface area contributed by atoms with Crippen LogP contribution in [0.1, 0.15) is 5.56 Å².